The van der Waals surface area contributed by atoms with Crippen LogP contribution in [0.5, 0.6) is 0 Å². The highest BCUT2D eigenvalue weighted by atomic mass is 16.2. The lowest BCUT2D eigenvalue weighted by Crippen LogP contribution is -2.43. The number of benzene rings is 2. The van der Waals surface area contributed by atoms with Crippen LogP contribution < -0.4 is 16.2 Å². The number of para-hydroxylation sites is 1. The third kappa shape index (κ3) is 5.82. The molecular formula is C24H26N4O3. The van der Waals surface area contributed by atoms with Gasteiger partial charge in [0.05, 0.1) is 12.0 Å². The molecule has 0 bridgehead atoms. The van der Waals surface area contributed by atoms with Gasteiger partial charge in [-0.2, -0.15) is 0 Å². The molecule has 0 atom stereocenters. The van der Waals surface area contributed by atoms with Crippen molar-refractivity contribution in [1.29, 1.82) is 0 Å². The molecule has 3 N–H and O–H groups in total. The first-order chi connectivity index (χ1) is 15.0. The molecule has 0 aliphatic rings. The summed E-state index contributed by atoms with van der Waals surface area (Å²) in [6.07, 6.45) is 0.320. The molecule has 0 unspecified atom stereocenters. The number of hydrazine groups is 1. The molecule has 31 heavy (non-hydrogen) atoms. The fraction of sp³-hybridized carbons (Fsp3) is 0.208. The molecule has 3 amide bonds. The Bertz CT molecular complexity index is 1060. The number of nitrogens with zero attached hydrogens (tertiary/aromatic N) is 1. The summed E-state index contributed by atoms with van der Waals surface area (Å²) in [5.41, 5.74) is 8.90. The lowest BCUT2D eigenvalue weighted by atomic mass is 10.1. The number of hydrogen-bond donors (Lipinski definition) is 3. The molecule has 2 aromatic carbocycles. The smallest absolute Gasteiger partial charge is 0.271 e. The Kier molecular flexibility index (Phi) is 7.22. The zero-order valence-electron chi connectivity index (χ0n) is 17.6. The zero-order valence-corrected chi connectivity index (χ0v) is 17.6. The standard InChI is InChI=1S/C24H26N4O3/c1-17-15-21(18(2)28(17)20-11-7-4-8-12-20)24(31)27-26-22(29)13-14-25-23(30)16-19-9-5-3-6-10-19/h3-12,15H,13-14,16H2,1-2H3,(H,25,30)(H,26,29)(H,27,31). The first kappa shape index (κ1) is 21.8. The molecule has 0 aliphatic heterocycles. The first-order valence-electron chi connectivity index (χ1n) is 10.1. The van der Waals surface area contributed by atoms with E-state index in [-0.39, 0.29) is 31.2 Å². The van der Waals surface area contributed by atoms with Gasteiger partial charge in [0.1, 0.15) is 0 Å². The van der Waals surface area contributed by atoms with Gasteiger partial charge in [-0.05, 0) is 37.6 Å². The molecule has 0 fully saturated rings. The van der Waals surface area contributed by atoms with E-state index in [1.165, 1.54) is 0 Å². The van der Waals surface area contributed by atoms with Crippen molar-refractivity contribution in [2.24, 2.45) is 0 Å². The number of carbonyl (C=O) groups excluding carboxylic acids is 3. The fourth-order valence-corrected chi connectivity index (χ4v) is 3.38. The number of rotatable bonds is 7. The Morgan fingerprint density at radius 2 is 1.48 bits per heavy atom. The van der Waals surface area contributed by atoms with E-state index in [1.807, 2.05) is 79.1 Å². The molecule has 160 valence electrons. The van der Waals surface area contributed by atoms with E-state index < -0.39 is 5.91 Å². The Labute approximate surface area is 181 Å². The highest BCUT2D eigenvalue weighted by molar-refractivity contribution is 5.97. The summed E-state index contributed by atoms with van der Waals surface area (Å²) in [6.45, 7) is 3.97. The molecule has 0 saturated carbocycles. The lowest BCUT2D eigenvalue weighted by Gasteiger charge is -2.10. The Morgan fingerprint density at radius 1 is 0.839 bits per heavy atom. The van der Waals surface area contributed by atoms with Crippen molar-refractivity contribution in [3.8, 4) is 5.69 Å². The normalized spacial score (nSPS) is 10.4. The molecule has 3 rings (SSSR count). The molecule has 0 radical (unpaired) electrons. The van der Waals surface area contributed by atoms with Gasteiger partial charge in [-0.15, -0.1) is 0 Å². The van der Waals surface area contributed by atoms with Crippen LogP contribution in [-0.4, -0.2) is 28.8 Å². The molecule has 1 heterocycles. The number of nitrogens with one attached hydrogen (secondary N) is 3. The van der Waals surface area contributed by atoms with Crippen LogP contribution in [0.15, 0.2) is 66.7 Å². The topological polar surface area (TPSA) is 92.2 Å². The van der Waals surface area contributed by atoms with E-state index in [0.717, 1.165) is 22.6 Å². The van der Waals surface area contributed by atoms with E-state index in [1.54, 1.807) is 6.07 Å². The number of carbonyl (C=O) groups is 3. The summed E-state index contributed by atoms with van der Waals surface area (Å²) < 4.78 is 1.99. The summed E-state index contributed by atoms with van der Waals surface area (Å²) in [5.74, 6) is -0.932. The number of aromatic nitrogens is 1. The third-order valence-electron chi connectivity index (χ3n) is 4.89. The van der Waals surface area contributed by atoms with Gasteiger partial charge in [0.15, 0.2) is 0 Å². The minimum atomic E-state index is -0.392. The second-order valence-corrected chi connectivity index (χ2v) is 7.22. The SMILES string of the molecule is Cc1cc(C(=O)NNC(=O)CCNC(=O)Cc2ccccc2)c(C)n1-c1ccccc1. The number of amides is 3. The van der Waals surface area contributed by atoms with Gasteiger partial charge >= 0.3 is 0 Å². The highest BCUT2D eigenvalue weighted by Crippen LogP contribution is 2.20. The largest absolute Gasteiger partial charge is 0.355 e. The molecule has 0 spiro atoms. The van der Waals surface area contributed by atoms with Crippen LogP contribution in [0.1, 0.15) is 33.7 Å². The predicted molar refractivity (Wildman–Crippen MR) is 119 cm³/mol. The summed E-state index contributed by atoms with van der Waals surface area (Å²) in [4.78, 5) is 36.5. The van der Waals surface area contributed by atoms with Crippen LogP contribution in [-0.2, 0) is 16.0 Å². The highest BCUT2D eigenvalue weighted by Gasteiger charge is 2.17. The van der Waals surface area contributed by atoms with Crippen molar-refractivity contribution in [3.63, 3.8) is 0 Å². The van der Waals surface area contributed by atoms with Crippen molar-refractivity contribution < 1.29 is 14.4 Å². The van der Waals surface area contributed by atoms with Crippen molar-refractivity contribution in [2.45, 2.75) is 26.7 Å². The van der Waals surface area contributed by atoms with Crippen LogP contribution in [0.25, 0.3) is 5.69 Å². The fourth-order valence-electron chi connectivity index (χ4n) is 3.38. The second-order valence-electron chi connectivity index (χ2n) is 7.22. The maximum absolute atomic E-state index is 12.5. The Hall–Kier alpha value is -3.87. The van der Waals surface area contributed by atoms with E-state index in [0.29, 0.717) is 5.56 Å². The van der Waals surface area contributed by atoms with Gasteiger partial charge in [0.25, 0.3) is 5.91 Å². The van der Waals surface area contributed by atoms with Crippen molar-refractivity contribution >= 4 is 17.7 Å². The van der Waals surface area contributed by atoms with Gasteiger partial charge in [-0.1, -0.05) is 48.5 Å². The van der Waals surface area contributed by atoms with Gasteiger partial charge in [-0.3, -0.25) is 25.2 Å². The van der Waals surface area contributed by atoms with E-state index in [9.17, 15) is 14.4 Å². The lowest BCUT2D eigenvalue weighted by molar-refractivity contribution is -0.122. The maximum Gasteiger partial charge on any atom is 0.271 e. The average molecular weight is 418 g/mol. The second kappa shape index (κ2) is 10.2. The van der Waals surface area contributed by atoms with E-state index >= 15 is 0 Å². The molecule has 3 aromatic rings. The third-order valence-corrected chi connectivity index (χ3v) is 4.89. The summed E-state index contributed by atoms with van der Waals surface area (Å²) in [7, 11) is 0. The molecular weight excluding hydrogens is 392 g/mol. The molecule has 1 aromatic heterocycles. The Balaban J connectivity index is 1.46. The van der Waals surface area contributed by atoms with Gasteiger partial charge in [-0.25, -0.2) is 0 Å². The molecule has 7 heteroatoms. The number of hydrogen-bond acceptors (Lipinski definition) is 3. The van der Waals surface area contributed by atoms with Crippen molar-refractivity contribution in [1.82, 2.24) is 20.7 Å². The molecule has 0 aliphatic carbocycles. The minimum absolute atomic E-state index is 0.0594. The average Bonchev–Trinajstić information content (AvgIpc) is 3.07. The number of aryl methyl sites for hydroxylation is 1. The summed E-state index contributed by atoms with van der Waals surface area (Å²) in [5, 5.41) is 2.70. The van der Waals surface area contributed by atoms with Crippen molar-refractivity contribution in [2.75, 3.05) is 6.54 Å². The monoisotopic (exact) mass is 418 g/mol. The van der Waals surface area contributed by atoms with Gasteiger partial charge in [0, 0.05) is 30.0 Å². The first-order valence-corrected chi connectivity index (χ1v) is 10.1. The van der Waals surface area contributed by atoms with Crippen LogP contribution in [0.4, 0.5) is 0 Å². The van der Waals surface area contributed by atoms with Crippen LogP contribution in [0.2, 0.25) is 0 Å². The van der Waals surface area contributed by atoms with Crippen LogP contribution in [0.3, 0.4) is 0 Å². The quantitative estimate of drug-likeness (QED) is 0.515. The Morgan fingerprint density at radius 3 is 2.16 bits per heavy atom. The maximum atomic E-state index is 12.5. The van der Waals surface area contributed by atoms with E-state index in [4.69, 9.17) is 0 Å². The van der Waals surface area contributed by atoms with E-state index in [2.05, 4.69) is 16.2 Å². The van der Waals surface area contributed by atoms with Gasteiger partial charge < -0.3 is 9.88 Å². The molecule has 7 nitrogen and oxygen atoms in total. The van der Waals surface area contributed by atoms with Gasteiger partial charge in [0.2, 0.25) is 11.8 Å². The van der Waals surface area contributed by atoms with Crippen LogP contribution >= 0.6 is 0 Å². The van der Waals surface area contributed by atoms with Crippen molar-refractivity contribution in [3.05, 3.63) is 89.2 Å². The summed E-state index contributed by atoms with van der Waals surface area (Å²) >= 11 is 0. The molecule has 0 saturated heterocycles. The van der Waals surface area contributed by atoms with Crippen LogP contribution in [0, 0.1) is 13.8 Å². The predicted octanol–water partition coefficient (Wildman–Crippen LogP) is 2.60. The zero-order chi connectivity index (χ0) is 22.2. The minimum Gasteiger partial charge on any atom is -0.355 e. The summed E-state index contributed by atoms with van der Waals surface area (Å²) in [6, 6.07) is 20.9.